The van der Waals surface area contributed by atoms with Gasteiger partial charge in [-0.25, -0.2) is 4.18 Å². The third-order valence-electron chi connectivity index (χ3n) is 5.59. The van der Waals surface area contributed by atoms with Crippen LogP contribution in [0.4, 0.5) is 0 Å². The number of carbonyl (C=O) groups is 1. The van der Waals surface area contributed by atoms with Crippen LogP contribution < -0.4 is 4.72 Å². The van der Waals surface area contributed by atoms with Gasteiger partial charge in [-0.05, 0) is 37.5 Å². The number of rotatable bonds is 8. The standard InChI is InChI=1S/C15H27NO12S2/c1-7-2-3-9(15(19)20)14(13(7)18)28-11-5-8(6-27-30(24,25)26)4-10(17)12(11)16-29(21,22)23/h7-14,16-18H,2-6H2,1H3,(H,19,20)(H,21,22,23)(H,24,25,26)/t7?,8?,9?,10-,11-,12?,13+,14+/m1/s1. The van der Waals surface area contributed by atoms with Crippen LogP contribution in [-0.4, -0.2) is 84.3 Å². The van der Waals surface area contributed by atoms with Crippen LogP contribution in [0.5, 0.6) is 0 Å². The molecule has 0 aromatic heterocycles. The van der Waals surface area contributed by atoms with Gasteiger partial charge < -0.3 is 20.1 Å². The molecule has 176 valence electrons. The van der Waals surface area contributed by atoms with Crippen molar-refractivity contribution in [3.05, 3.63) is 0 Å². The van der Waals surface area contributed by atoms with Crippen LogP contribution in [0, 0.1) is 17.8 Å². The van der Waals surface area contributed by atoms with E-state index in [-0.39, 0.29) is 25.2 Å². The molecule has 2 aliphatic rings. The van der Waals surface area contributed by atoms with Crippen LogP contribution in [-0.2, 0) is 34.4 Å². The predicted octanol–water partition coefficient (Wildman–Crippen LogP) is -1.42. The molecule has 0 aliphatic heterocycles. The first kappa shape index (κ1) is 25.4. The normalized spacial score (nSPS) is 38.3. The quantitative estimate of drug-likeness (QED) is 0.222. The summed E-state index contributed by atoms with van der Waals surface area (Å²) in [7, 11) is -9.53. The highest BCUT2D eigenvalue weighted by Crippen LogP contribution is 2.36. The molecule has 4 unspecified atom stereocenters. The van der Waals surface area contributed by atoms with Gasteiger partial charge in [0.2, 0.25) is 0 Å². The van der Waals surface area contributed by atoms with Gasteiger partial charge in [-0.15, -0.1) is 0 Å². The van der Waals surface area contributed by atoms with Crippen molar-refractivity contribution in [3.8, 4) is 0 Å². The van der Waals surface area contributed by atoms with Crippen LogP contribution in [0.25, 0.3) is 0 Å². The minimum atomic E-state index is -4.77. The highest BCUT2D eigenvalue weighted by atomic mass is 32.3. The first-order valence-electron chi connectivity index (χ1n) is 9.29. The zero-order chi connectivity index (χ0) is 22.9. The Morgan fingerprint density at radius 2 is 1.73 bits per heavy atom. The van der Waals surface area contributed by atoms with Gasteiger partial charge in [0.05, 0.1) is 43.0 Å². The molecular weight excluding hydrogens is 450 g/mol. The van der Waals surface area contributed by atoms with Crippen LogP contribution in [0.3, 0.4) is 0 Å². The second-order valence-corrected chi connectivity index (χ2v) is 10.1. The van der Waals surface area contributed by atoms with Gasteiger partial charge in [0, 0.05) is 0 Å². The van der Waals surface area contributed by atoms with Crippen LogP contribution >= 0.6 is 0 Å². The summed E-state index contributed by atoms with van der Waals surface area (Å²) in [5.74, 6) is -3.32. The van der Waals surface area contributed by atoms with Gasteiger partial charge >= 0.3 is 26.7 Å². The van der Waals surface area contributed by atoms with E-state index in [0.717, 1.165) is 0 Å². The Labute approximate surface area is 174 Å². The molecular formula is C15H27NO12S2. The minimum Gasteiger partial charge on any atom is -0.481 e. The second kappa shape index (κ2) is 9.70. The number of aliphatic hydroxyl groups excluding tert-OH is 2. The van der Waals surface area contributed by atoms with Gasteiger partial charge in [-0.3, -0.25) is 13.9 Å². The summed E-state index contributed by atoms with van der Waals surface area (Å²) in [6.45, 7) is 1.16. The first-order chi connectivity index (χ1) is 13.7. The molecule has 0 bridgehead atoms. The largest absolute Gasteiger partial charge is 0.481 e. The molecule has 0 heterocycles. The summed E-state index contributed by atoms with van der Waals surface area (Å²) in [4.78, 5) is 11.6. The molecule has 2 saturated carbocycles. The average Bonchev–Trinajstić information content (AvgIpc) is 2.58. The van der Waals surface area contributed by atoms with E-state index >= 15 is 0 Å². The molecule has 2 rings (SSSR count). The third kappa shape index (κ3) is 7.06. The monoisotopic (exact) mass is 477 g/mol. The van der Waals surface area contributed by atoms with E-state index in [4.69, 9.17) is 13.8 Å². The second-order valence-electron chi connectivity index (χ2n) is 7.86. The fourth-order valence-electron chi connectivity index (χ4n) is 4.07. The summed E-state index contributed by atoms with van der Waals surface area (Å²) >= 11 is 0. The Balaban J connectivity index is 2.26. The molecule has 15 heteroatoms. The van der Waals surface area contributed by atoms with Crippen molar-refractivity contribution in [2.45, 2.75) is 63.1 Å². The number of aliphatic carboxylic acids is 1. The SMILES string of the molecule is CC1CCC(C(=O)O)[C@H](O[C@@H]2CC(COS(=O)(=O)O)C[C@@H](O)C2NS(=O)(=O)O)[C@H]1O. The summed E-state index contributed by atoms with van der Waals surface area (Å²) in [5, 5.41) is 30.3. The molecule has 0 aromatic rings. The van der Waals surface area contributed by atoms with Crippen molar-refractivity contribution in [1.29, 1.82) is 0 Å². The van der Waals surface area contributed by atoms with Crippen molar-refractivity contribution in [2.75, 3.05) is 6.61 Å². The lowest BCUT2D eigenvalue weighted by Gasteiger charge is -2.44. The van der Waals surface area contributed by atoms with Crippen molar-refractivity contribution in [1.82, 2.24) is 4.72 Å². The van der Waals surface area contributed by atoms with Crippen molar-refractivity contribution >= 4 is 26.7 Å². The lowest BCUT2D eigenvalue weighted by atomic mass is 9.77. The maximum atomic E-state index is 11.6. The Hall–Kier alpha value is -0.910. The van der Waals surface area contributed by atoms with Crippen LogP contribution in [0.15, 0.2) is 0 Å². The number of carboxylic acid groups (broad SMARTS) is 1. The molecule has 8 atom stereocenters. The molecule has 0 saturated heterocycles. The van der Waals surface area contributed by atoms with E-state index in [2.05, 4.69) is 4.18 Å². The molecule has 0 amide bonds. The highest BCUT2D eigenvalue weighted by molar-refractivity contribution is 7.83. The van der Waals surface area contributed by atoms with E-state index in [1.165, 1.54) is 0 Å². The Morgan fingerprint density at radius 3 is 2.27 bits per heavy atom. The number of hydrogen-bond donors (Lipinski definition) is 6. The van der Waals surface area contributed by atoms with Crippen molar-refractivity contribution in [3.63, 3.8) is 0 Å². The van der Waals surface area contributed by atoms with Gasteiger partial charge in [0.1, 0.15) is 0 Å². The van der Waals surface area contributed by atoms with Gasteiger partial charge in [0.15, 0.2) is 0 Å². The molecule has 13 nitrogen and oxygen atoms in total. The summed E-state index contributed by atoms with van der Waals surface area (Å²) in [6.07, 6.45) is -4.71. The van der Waals surface area contributed by atoms with E-state index in [0.29, 0.717) is 6.42 Å². The molecule has 30 heavy (non-hydrogen) atoms. The lowest BCUT2D eigenvalue weighted by Crippen LogP contribution is -2.59. The van der Waals surface area contributed by atoms with Gasteiger partial charge in [-0.2, -0.15) is 21.6 Å². The summed E-state index contributed by atoms with van der Waals surface area (Å²) in [5.41, 5.74) is 0. The Morgan fingerprint density at radius 1 is 1.10 bits per heavy atom. The van der Waals surface area contributed by atoms with Crippen molar-refractivity contribution in [2.24, 2.45) is 17.8 Å². The maximum absolute atomic E-state index is 11.6. The molecule has 0 radical (unpaired) electrons. The fourth-order valence-corrected chi connectivity index (χ4v) is 5.09. The number of carboxylic acids is 1. The number of ether oxygens (including phenoxy) is 1. The molecule has 0 aromatic carbocycles. The Bertz CT molecular complexity index is 815. The van der Waals surface area contributed by atoms with E-state index in [9.17, 15) is 36.9 Å². The molecule has 0 spiro atoms. The zero-order valence-electron chi connectivity index (χ0n) is 16.1. The Kier molecular flexibility index (Phi) is 8.20. The summed E-state index contributed by atoms with van der Waals surface area (Å²) in [6, 6.07) is -1.39. The average molecular weight is 478 g/mol. The van der Waals surface area contributed by atoms with Gasteiger partial charge in [0.25, 0.3) is 0 Å². The smallest absolute Gasteiger partial charge is 0.397 e. The molecule has 2 aliphatic carbocycles. The summed E-state index contributed by atoms with van der Waals surface area (Å²) < 4.78 is 74.1. The van der Waals surface area contributed by atoms with Gasteiger partial charge in [-0.1, -0.05) is 6.92 Å². The number of hydrogen-bond acceptors (Lipinski definition) is 9. The van der Waals surface area contributed by atoms with E-state index in [1.54, 1.807) is 6.92 Å². The van der Waals surface area contributed by atoms with Crippen molar-refractivity contribution < 1.29 is 55.0 Å². The maximum Gasteiger partial charge on any atom is 0.397 e. The molecule has 2 fully saturated rings. The van der Waals surface area contributed by atoms with Crippen LogP contribution in [0.1, 0.15) is 32.6 Å². The topological polar surface area (TPSA) is 217 Å². The first-order valence-corrected chi connectivity index (χ1v) is 12.1. The van der Waals surface area contributed by atoms with E-state index < -0.39 is 75.6 Å². The predicted molar refractivity (Wildman–Crippen MR) is 98.9 cm³/mol. The lowest BCUT2D eigenvalue weighted by molar-refractivity contribution is -0.181. The van der Waals surface area contributed by atoms with Crippen LogP contribution in [0.2, 0.25) is 0 Å². The van der Waals surface area contributed by atoms with E-state index in [1.807, 2.05) is 4.72 Å². The zero-order valence-corrected chi connectivity index (χ0v) is 17.7. The fraction of sp³-hybridized carbons (Fsp3) is 0.933. The molecule has 6 N–H and O–H groups in total. The number of nitrogens with one attached hydrogen (secondary N) is 1. The third-order valence-corrected chi connectivity index (χ3v) is 6.60. The minimum absolute atomic E-state index is 0.107. The highest BCUT2D eigenvalue weighted by Gasteiger charge is 2.46. The number of aliphatic hydroxyl groups is 2.